The number of nitrogens with zero attached hydrogens (tertiary/aromatic N) is 1. The summed E-state index contributed by atoms with van der Waals surface area (Å²) < 4.78 is 0. The van der Waals surface area contributed by atoms with Gasteiger partial charge in [0.2, 0.25) is 0 Å². The summed E-state index contributed by atoms with van der Waals surface area (Å²) in [6.45, 7) is 0. The topological polar surface area (TPSA) is 58.5 Å². The molecular formula is C34H28N2O2. The van der Waals surface area contributed by atoms with Crippen molar-refractivity contribution in [3.63, 3.8) is 0 Å². The summed E-state index contributed by atoms with van der Waals surface area (Å²) in [5, 5.41) is 3.33. The molecule has 0 saturated heterocycles. The van der Waals surface area contributed by atoms with Crippen LogP contribution in [0.15, 0.2) is 150 Å². The first-order valence-corrected chi connectivity index (χ1v) is 12.6. The van der Waals surface area contributed by atoms with Gasteiger partial charge in [0.15, 0.2) is 11.6 Å². The third kappa shape index (κ3) is 5.60. The predicted molar refractivity (Wildman–Crippen MR) is 154 cm³/mol. The highest BCUT2D eigenvalue weighted by Crippen LogP contribution is 2.44. The second-order valence-electron chi connectivity index (χ2n) is 9.37. The number of rotatable bonds is 8. The maximum absolute atomic E-state index is 14.2. The maximum atomic E-state index is 14.2. The van der Waals surface area contributed by atoms with Gasteiger partial charge in [0, 0.05) is 29.2 Å². The minimum Gasteiger partial charge on any atom is -0.361 e. The van der Waals surface area contributed by atoms with Gasteiger partial charge < -0.3 is 5.32 Å². The Morgan fingerprint density at radius 2 is 1.16 bits per heavy atom. The molecule has 0 atom stereocenters. The van der Waals surface area contributed by atoms with Crippen LogP contribution in [0.4, 0.5) is 11.4 Å². The van der Waals surface area contributed by atoms with Crippen molar-refractivity contribution in [1.82, 2.24) is 0 Å². The summed E-state index contributed by atoms with van der Waals surface area (Å²) in [5.74, 6) is -0.368. The van der Waals surface area contributed by atoms with Gasteiger partial charge in [0.25, 0.3) is 0 Å². The van der Waals surface area contributed by atoms with Crippen molar-refractivity contribution >= 4 is 29.2 Å². The molecule has 4 nitrogen and oxygen atoms in total. The molecule has 4 heteroatoms. The lowest BCUT2D eigenvalue weighted by atomic mass is 9.64. The average Bonchev–Trinajstić information content (AvgIpc) is 3.00. The maximum Gasteiger partial charge on any atom is 0.177 e. The SMILES string of the molecule is O=C(c1ccccc1)C1(C(=O)c2ccccc2)CC(C=Nc2ccccc2)=C/C(=C/Nc2ccccc2)C1. The molecule has 1 aliphatic rings. The Morgan fingerprint density at radius 1 is 0.658 bits per heavy atom. The molecule has 4 aromatic carbocycles. The lowest BCUT2D eigenvalue weighted by Crippen LogP contribution is -2.42. The first-order chi connectivity index (χ1) is 18.6. The van der Waals surface area contributed by atoms with Crippen LogP contribution >= 0.6 is 0 Å². The summed E-state index contributed by atoms with van der Waals surface area (Å²) in [6, 6.07) is 37.7. The predicted octanol–water partition coefficient (Wildman–Crippen LogP) is 7.86. The summed E-state index contributed by atoms with van der Waals surface area (Å²) in [5.41, 5.74) is 3.13. The second kappa shape index (κ2) is 11.5. The standard InChI is InChI=1S/C34H28N2O2/c37-32(28-13-5-1-6-14-28)34(33(38)29-15-7-2-8-16-29)22-26(24-35-30-17-9-3-10-18-30)21-27(23-34)25-36-31-19-11-4-12-20-31/h1-21,24-25,35H,22-23H2/b26-24-,36-25?. The van der Waals surface area contributed by atoms with Crippen molar-refractivity contribution in [1.29, 1.82) is 0 Å². The number of hydrogen-bond acceptors (Lipinski definition) is 4. The second-order valence-corrected chi connectivity index (χ2v) is 9.37. The smallest absolute Gasteiger partial charge is 0.177 e. The highest BCUT2D eigenvalue weighted by molar-refractivity contribution is 6.20. The van der Waals surface area contributed by atoms with Crippen LogP contribution in [0, 0.1) is 5.41 Å². The molecule has 0 unspecified atom stereocenters. The van der Waals surface area contributed by atoms with Crippen LogP contribution in [0.3, 0.4) is 0 Å². The minimum atomic E-state index is -1.31. The quantitative estimate of drug-likeness (QED) is 0.153. The number of carbonyl (C=O) groups is 2. The van der Waals surface area contributed by atoms with E-state index in [4.69, 9.17) is 0 Å². The third-order valence-electron chi connectivity index (χ3n) is 6.66. The molecule has 0 amide bonds. The number of anilines is 1. The molecule has 4 aromatic rings. The lowest BCUT2D eigenvalue weighted by molar-refractivity contribution is 0.0657. The number of ketones is 2. The molecule has 0 radical (unpaired) electrons. The fourth-order valence-corrected chi connectivity index (χ4v) is 4.81. The van der Waals surface area contributed by atoms with Crippen molar-refractivity contribution in [2.24, 2.45) is 10.4 Å². The normalized spacial score (nSPS) is 15.7. The number of carbonyl (C=O) groups excluding carboxylic acids is 2. The van der Waals surface area contributed by atoms with Gasteiger partial charge in [-0.3, -0.25) is 14.6 Å². The van der Waals surface area contributed by atoms with Gasteiger partial charge in [-0.15, -0.1) is 0 Å². The Hall–Kier alpha value is -4.83. The molecule has 186 valence electrons. The van der Waals surface area contributed by atoms with E-state index < -0.39 is 5.41 Å². The third-order valence-corrected chi connectivity index (χ3v) is 6.66. The molecule has 1 aliphatic carbocycles. The molecular weight excluding hydrogens is 468 g/mol. The van der Waals surface area contributed by atoms with E-state index in [-0.39, 0.29) is 24.4 Å². The Morgan fingerprint density at radius 3 is 1.71 bits per heavy atom. The fourth-order valence-electron chi connectivity index (χ4n) is 4.81. The van der Waals surface area contributed by atoms with Gasteiger partial charge >= 0.3 is 0 Å². The summed E-state index contributed by atoms with van der Waals surface area (Å²) >= 11 is 0. The number of allylic oxidation sites excluding steroid dienone is 3. The van der Waals surface area contributed by atoms with Crippen LogP contribution in [0.2, 0.25) is 0 Å². The zero-order valence-corrected chi connectivity index (χ0v) is 21.0. The van der Waals surface area contributed by atoms with Crippen molar-refractivity contribution in [2.45, 2.75) is 12.8 Å². The molecule has 0 fully saturated rings. The highest BCUT2D eigenvalue weighted by atomic mass is 16.2. The van der Waals surface area contributed by atoms with E-state index in [1.807, 2.05) is 109 Å². The van der Waals surface area contributed by atoms with Gasteiger partial charge in [-0.2, -0.15) is 0 Å². The van der Waals surface area contributed by atoms with Crippen LogP contribution in [0.1, 0.15) is 33.6 Å². The Balaban J connectivity index is 1.61. The Kier molecular flexibility index (Phi) is 7.51. The molecule has 0 spiro atoms. The van der Waals surface area contributed by atoms with E-state index in [1.165, 1.54) is 0 Å². The monoisotopic (exact) mass is 496 g/mol. The van der Waals surface area contributed by atoms with Crippen LogP contribution in [-0.4, -0.2) is 17.8 Å². The number of para-hydroxylation sites is 2. The largest absolute Gasteiger partial charge is 0.361 e. The molecule has 0 heterocycles. The zero-order chi connectivity index (χ0) is 26.2. The van der Waals surface area contributed by atoms with E-state index >= 15 is 0 Å². The zero-order valence-electron chi connectivity index (χ0n) is 21.0. The Bertz CT molecular complexity index is 1440. The first-order valence-electron chi connectivity index (χ1n) is 12.6. The number of aliphatic imine (C=N–C) groups is 1. The van der Waals surface area contributed by atoms with Crippen molar-refractivity contribution < 1.29 is 9.59 Å². The molecule has 0 saturated carbocycles. The van der Waals surface area contributed by atoms with E-state index in [1.54, 1.807) is 30.5 Å². The van der Waals surface area contributed by atoms with Crippen molar-refractivity contribution in [3.05, 3.63) is 156 Å². The van der Waals surface area contributed by atoms with Crippen molar-refractivity contribution in [3.8, 4) is 0 Å². The van der Waals surface area contributed by atoms with E-state index in [0.717, 1.165) is 22.5 Å². The summed E-state index contributed by atoms with van der Waals surface area (Å²) in [4.78, 5) is 33.1. The molecule has 1 N–H and O–H groups in total. The Labute approximate surface area is 223 Å². The van der Waals surface area contributed by atoms with Crippen LogP contribution in [-0.2, 0) is 0 Å². The van der Waals surface area contributed by atoms with Gasteiger partial charge in [-0.1, -0.05) is 103 Å². The number of Topliss-reactive ketones (excluding diaryl/α,β-unsaturated/α-hetero) is 2. The van der Waals surface area contributed by atoms with Gasteiger partial charge in [0.05, 0.1) is 5.69 Å². The van der Waals surface area contributed by atoms with Gasteiger partial charge in [-0.05, 0) is 48.3 Å². The summed E-state index contributed by atoms with van der Waals surface area (Å²) in [6.07, 6.45) is 6.22. The number of hydrogen-bond donors (Lipinski definition) is 1. The lowest BCUT2D eigenvalue weighted by Gasteiger charge is -2.35. The number of benzene rings is 4. The van der Waals surface area contributed by atoms with E-state index in [2.05, 4.69) is 10.3 Å². The average molecular weight is 497 g/mol. The molecule has 0 aliphatic heterocycles. The van der Waals surface area contributed by atoms with Crippen LogP contribution < -0.4 is 5.32 Å². The van der Waals surface area contributed by atoms with Crippen molar-refractivity contribution in [2.75, 3.05) is 5.32 Å². The highest BCUT2D eigenvalue weighted by Gasteiger charge is 2.48. The molecule has 0 bridgehead atoms. The first kappa shape index (κ1) is 24.8. The van der Waals surface area contributed by atoms with E-state index in [9.17, 15) is 9.59 Å². The van der Waals surface area contributed by atoms with Crippen LogP contribution in [0.25, 0.3) is 0 Å². The summed E-state index contributed by atoms with van der Waals surface area (Å²) in [7, 11) is 0. The van der Waals surface area contributed by atoms with E-state index in [0.29, 0.717) is 11.1 Å². The number of nitrogens with one attached hydrogen (secondary N) is 1. The molecule has 5 rings (SSSR count). The fraction of sp³-hybridized carbons (Fsp3) is 0.0882. The molecule has 0 aromatic heterocycles. The molecule has 38 heavy (non-hydrogen) atoms. The van der Waals surface area contributed by atoms with Crippen LogP contribution in [0.5, 0.6) is 0 Å². The van der Waals surface area contributed by atoms with Gasteiger partial charge in [0.1, 0.15) is 5.41 Å². The minimum absolute atomic E-state index is 0.184. The van der Waals surface area contributed by atoms with Gasteiger partial charge in [-0.25, -0.2) is 0 Å².